The van der Waals surface area contributed by atoms with Crippen molar-refractivity contribution < 1.29 is 14.3 Å². The summed E-state index contributed by atoms with van der Waals surface area (Å²) in [5.41, 5.74) is 3.54. The molecule has 2 bridgehead atoms. The standard InChI is InChI=1S/C32H41N9O3/c1-22-20-43-16-15-40(22)30-35-29(36-31(37-30)41-19-28-17-27(41)21-44-28)24-5-9-26(10-6-24)34-32(42)33-25-7-3-23(4-8-25)18-39-13-11-38(2)12-14-39/h3-10,22,27-28H,11-21H2,1-2H3,(H2,33,34,42)/t22-,27+,28+/m1/s1. The molecule has 44 heavy (non-hydrogen) atoms. The number of ether oxygens (including phenoxy) is 2. The summed E-state index contributed by atoms with van der Waals surface area (Å²) in [6.45, 7) is 10.9. The van der Waals surface area contributed by atoms with Crippen molar-refractivity contribution in [2.75, 3.05) is 86.6 Å². The number of benzene rings is 2. The van der Waals surface area contributed by atoms with Gasteiger partial charge in [-0.1, -0.05) is 12.1 Å². The van der Waals surface area contributed by atoms with Gasteiger partial charge in [0.1, 0.15) is 0 Å². The van der Waals surface area contributed by atoms with Crippen molar-refractivity contribution in [2.24, 2.45) is 0 Å². The van der Waals surface area contributed by atoms with E-state index in [9.17, 15) is 4.79 Å². The lowest BCUT2D eigenvalue weighted by Gasteiger charge is -2.34. The molecule has 4 aliphatic heterocycles. The number of fused-ring (bicyclic) bond motifs is 2. The highest BCUT2D eigenvalue weighted by atomic mass is 16.5. The monoisotopic (exact) mass is 599 g/mol. The number of morpholine rings is 2. The first-order valence-electron chi connectivity index (χ1n) is 15.6. The first-order chi connectivity index (χ1) is 21.5. The van der Waals surface area contributed by atoms with Crippen LogP contribution in [0.25, 0.3) is 11.4 Å². The van der Waals surface area contributed by atoms with Crippen LogP contribution in [0.3, 0.4) is 0 Å². The van der Waals surface area contributed by atoms with Gasteiger partial charge in [0, 0.05) is 62.8 Å². The molecule has 7 rings (SSSR count). The van der Waals surface area contributed by atoms with Gasteiger partial charge in [-0.2, -0.15) is 15.0 Å². The lowest BCUT2D eigenvalue weighted by molar-refractivity contribution is 0.0974. The fourth-order valence-corrected chi connectivity index (χ4v) is 6.36. The van der Waals surface area contributed by atoms with E-state index in [-0.39, 0.29) is 18.2 Å². The highest BCUT2D eigenvalue weighted by Crippen LogP contribution is 2.33. The average molecular weight is 600 g/mol. The molecule has 0 aliphatic carbocycles. The van der Waals surface area contributed by atoms with Crippen LogP contribution >= 0.6 is 0 Å². The molecule has 4 fully saturated rings. The van der Waals surface area contributed by atoms with Crippen molar-refractivity contribution in [1.29, 1.82) is 0 Å². The topological polar surface area (TPSA) is 111 Å². The number of hydrogen-bond acceptors (Lipinski definition) is 10. The summed E-state index contributed by atoms with van der Waals surface area (Å²) < 4.78 is 11.5. The summed E-state index contributed by atoms with van der Waals surface area (Å²) in [5, 5.41) is 5.87. The summed E-state index contributed by atoms with van der Waals surface area (Å²) in [5.74, 6) is 1.97. The Morgan fingerprint density at radius 1 is 0.864 bits per heavy atom. The predicted octanol–water partition coefficient (Wildman–Crippen LogP) is 3.13. The SMILES string of the molecule is C[C@@H]1COCCN1c1nc(-c2ccc(NC(=O)Nc3ccc(CN4CCN(C)CC4)cc3)cc2)nc(N2C[C@@H]3C[C@H]2CO3)n1. The molecule has 2 amide bonds. The van der Waals surface area contributed by atoms with Crippen molar-refractivity contribution in [3.05, 3.63) is 54.1 Å². The van der Waals surface area contributed by atoms with E-state index >= 15 is 0 Å². The number of piperazine rings is 1. The lowest BCUT2D eigenvalue weighted by atomic mass is 10.2. The Kier molecular flexibility index (Phi) is 8.30. The van der Waals surface area contributed by atoms with Crippen molar-refractivity contribution >= 4 is 29.3 Å². The number of nitrogens with zero attached hydrogens (tertiary/aromatic N) is 7. The molecule has 12 heteroatoms. The minimum absolute atomic E-state index is 0.170. The molecular weight excluding hydrogens is 558 g/mol. The van der Waals surface area contributed by atoms with Crippen molar-refractivity contribution in [3.63, 3.8) is 0 Å². The molecule has 0 saturated carbocycles. The fourth-order valence-electron chi connectivity index (χ4n) is 6.36. The fraction of sp³-hybridized carbons (Fsp3) is 0.500. The highest BCUT2D eigenvalue weighted by molar-refractivity contribution is 5.99. The van der Waals surface area contributed by atoms with E-state index < -0.39 is 0 Å². The Hall–Kier alpha value is -3.84. The molecule has 0 spiro atoms. The van der Waals surface area contributed by atoms with Gasteiger partial charge in [0.25, 0.3) is 0 Å². The molecule has 5 heterocycles. The number of likely N-dealkylation sites (N-methyl/N-ethyl adjacent to an activating group) is 1. The number of anilines is 4. The minimum atomic E-state index is -0.290. The first kappa shape index (κ1) is 28.9. The smallest absolute Gasteiger partial charge is 0.323 e. The van der Waals surface area contributed by atoms with Gasteiger partial charge in [-0.3, -0.25) is 4.90 Å². The Bertz CT molecular complexity index is 1430. The molecule has 12 nitrogen and oxygen atoms in total. The number of nitrogens with one attached hydrogen (secondary N) is 2. The van der Waals surface area contributed by atoms with E-state index in [1.54, 1.807) is 0 Å². The molecule has 3 atom stereocenters. The predicted molar refractivity (Wildman–Crippen MR) is 170 cm³/mol. The van der Waals surface area contributed by atoms with E-state index in [4.69, 9.17) is 24.4 Å². The third-order valence-corrected chi connectivity index (χ3v) is 9.01. The van der Waals surface area contributed by atoms with Gasteiger partial charge in [0.2, 0.25) is 11.9 Å². The second kappa shape index (κ2) is 12.6. The summed E-state index contributed by atoms with van der Waals surface area (Å²) in [7, 11) is 2.17. The largest absolute Gasteiger partial charge is 0.377 e. The number of hydrogen-bond donors (Lipinski definition) is 2. The highest BCUT2D eigenvalue weighted by Gasteiger charge is 2.41. The molecule has 232 valence electrons. The van der Waals surface area contributed by atoms with E-state index in [0.717, 1.165) is 63.5 Å². The zero-order chi connectivity index (χ0) is 30.0. The number of carbonyl (C=O) groups excluding carboxylic acids is 1. The van der Waals surface area contributed by atoms with Crippen LogP contribution in [-0.4, -0.2) is 115 Å². The normalized spacial score (nSPS) is 24.1. The van der Waals surface area contributed by atoms with Crippen molar-refractivity contribution in [1.82, 2.24) is 24.8 Å². The van der Waals surface area contributed by atoms with Crippen LogP contribution in [0.15, 0.2) is 48.5 Å². The third-order valence-electron chi connectivity index (χ3n) is 9.01. The molecule has 2 aromatic carbocycles. The van der Waals surface area contributed by atoms with Crippen LogP contribution in [-0.2, 0) is 16.0 Å². The zero-order valence-corrected chi connectivity index (χ0v) is 25.5. The lowest BCUT2D eigenvalue weighted by Crippen LogP contribution is -2.45. The second-order valence-electron chi connectivity index (χ2n) is 12.3. The number of aromatic nitrogens is 3. The van der Waals surface area contributed by atoms with Crippen LogP contribution in [0.2, 0.25) is 0 Å². The van der Waals surface area contributed by atoms with Gasteiger partial charge in [-0.25, -0.2) is 4.79 Å². The maximum absolute atomic E-state index is 12.8. The number of rotatable bonds is 7. The van der Waals surface area contributed by atoms with Crippen LogP contribution in [0, 0.1) is 0 Å². The Morgan fingerprint density at radius 2 is 1.55 bits per heavy atom. The van der Waals surface area contributed by atoms with Crippen LogP contribution in [0.1, 0.15) is 18.9 Å². The molecular formula is C32H41N9O3. The maximum Gasteiger partial charge on any atom is 0.323 e. The van der Waals surface area contributed by atoms with Gasteiger partial charge in [-0.05, 0) is 62.4 Å². The van der Waals surface area contributed by atoms with E-state index in [1.807, 2.05) is 36.4 Å². The number of urea groups is 1. The molecule has 1 aromatic heterocycles. The van der Waals surface area contributed by atoms with Gasteiger partial charge >= 0.3 is 6.03 Å². The summed E-state index contributed by atoms with van der Waals surface area (Å²) in [6.07, 6.45) is 1.25. The summed E-state index contributed by atoms with van der Waals surface area (Å²) in [6, 6.07) is 15.9. The molecule has 4 saturated heterocycles. The Morgan fingerprint density at radius 3 is 2.18 bits per heavy atom. The van der Waals surface area contributed by atoms with Gasteiger partial charge in [0.05, 0.1) is 38.0 Å². The number of amides is 2. The molecule has 2 N–H and O–H groups in total. The molecule has 0 unspecified atom stereocenters. The Labute approximate surface area is 258 Å². The molecule has 4 aliphatic rings. The molecule has 0 radical (unpaired) electrons. The van der Waals surface area contributed by atoms with Gasteiger partial charge in [-0.15, -0.1) is 0 Å². The van der Waals surface area contributed by atoms with Crippen molar-refractivity contribution in [3.8, 4) is 11.4 Å². The van der Waals surface area contributed by atoms with Crippen LogP contribution in [0.5, 0.6) is 0 Å². The Balaban J connectivity index is 1.01. The zero-order valence-electron chi connectivity index (χ0n) is 25.5. The summed E-state index contributed by atoms with van der Waals surface area (Å²) >= 11 is 0. The third kappa shape index (κ3) is 6.48. The minimum Gasteiger partial charge on any atom is -0.377 e. The van der Waals surface area contributed by atoms with E-state index in [1.165, 1.54) is 5.56 Å². The van der Waals surface area contributed by atoms with E-state index in [2.05, 4.69) is 56.3 Å². The van der Waals surface area contributed by atoms with Crippen LogP contribution in [0.4, 0.5) is 28.1 Å². The second-order valence-corrected chi connectivity index (χ2v) is 12.3. The van der Waals surface area contributed by atoms with Crippen molar-refractivity contribution in [2.45, 2.75) is 38.1 Å². The van der Waals surface area contributed by atoms with Gasteiger partial charge in [0.15, 0.2) is 5.82 Å². The molecule has 3 aromatic rings. The average Bonchev–Trinajstić information content (AvgIpc) is 3.68. The first-order valence-corrected chi connectivity index (χ1v) is 15.6. The van der Waals surface area contributed by atoms with E-state index in [0.29, 0.717) is 49.3 Å². The maximum atomic E-state index is 12.8. The quantitative estimate of drug-likeness (QED) is 0.420. The number of carbonyl (C=O) groups is 1. The van der Waals surface area contributed by atoms with Crippen LogP contribution < -0.4 is 20.4 Å². The summed E-state index contributed by atoms with van der Waals surface area (Å²) in [4.78, 5) is 36.8. The van der Waals surface area contributed by atoms with Gasteiger partial charge < -0.3 is 34.8 Å².